The number of hydrogen-bond acceptors (Lipinski definition) is 4. The summed E-state index contributed by atoms with van der Waals surface area (Å²) < 4.78 is 41.2. The van der Waals surface area contributed by atoms with Gasteiger partial charge in [-0.3, -0.25) is 4.79 Å². The summed E-state index contributed by atoms with van der Waals surface area (Å²) in [6.07, 6.45) is -3.47. The Morgan fingerprint density at radius 1 is 1.32 bits per heavy atom. The van der Waals surface area contributed by atoms with Crippen LogP contribution in [0.15, 0.2) is 34.9 Å². The molecule has 1 N–H and O–H groups in total. The molecule has 2 rings (SSSR count). The van der Waals surface area contributed by atoms with Gasteiger partial charge in [0.1, 0.15) is 6.26 Å². The van der Waals surface area contributed by atoms with Gasteiger partial charge in [-0.1, -0.05) is 0 Å². The summed E-state index contributed by atoms with van der Waals surface area (Å²) in [5, 5.41) is 10.5. The molecule has 0 radical (unpaired) electrons. The molecule has 114 valence electrons. The van der Waals surface area contributed by atoms with Crippen molar-refractivity contribution in [3.05, 3.63) is 41.8 Å². The molecule has 1 aromatic heterocycles. The lowest BCUT2D eigenvalue weighted by molar-refractivity contribution is -0.173. The molecule has 1 amide bonds. The number of nitriles is 1. The average molecular weight is 309 g/mol. The molecule has 1 heterocycles. The Bertz CT molecular complexity index is 699. The van der Waals surface area contributed by atoms with E-state index in [4.69, 9.17) is 9.68 Å². The average Bonchev–Trinajstić information content (AvgIpc) is 2.95. The molecule has 1 aromatic carbocycles. The molecule has 5 nitrogen and oxygen atoms in total. The SMILES string of the molecule is N#Cc1ccc(-c2nc(CCNC(=O)C(F)(F)F)co2)cc1. The third-order valence-corrected chi connectivity index (χ3v) is 2.74. The summed E-state index contributed by atoms with van der Waals surface area (Å²) in [5.74, 6) is -1.69. The van der Waals surface area contributed by atoms with Crippen molar-refractivity contribution >= 4 is 5.91 Å². The highest BCUT2D eigenvalue weighted by atomic mass is 19.4. The minimum atomic E-state index is -4.89. The fourth-order valence-corrected chi connectivity index (χ4v) is 1.65. The number of benzene rings is 1. The first-order valence-corrected chi connectivity index (χ1v) is 6.20. The monoisotopic (exact) mass is 309 g/mol. The molecule has 22 heavy (non-hydrogen) atoms. The van der Waals surface area contributed by atoms with Crippen molar-refractivity contribution in [2.45, 2.75) is 12.6 Å². The van der Waals surface area contributed by atoms with E-state index in [0.717, 1.165) is 0 Å². The van der Waals surface area contributed by atoms with Crippen LogP contribution in [0, 0.1) is 11.3 Å². The zero-order valence-electron chi connectivity index (χ0n) is 11.1. The van der Waals surface area contributed by atoms with E-state index in [1.165, 1.54) is 6.26 Å². The van der Waals surface area contributed by atoms with E-state index in [1.54, 1.807) is 29.6 Å². The van der Waals surface area contributed by atoms with Crippen molar-refractivity contribution in [2.24, 2.45) is 0 Å². The van der Waals surface area contributed by atoms with Crippen LogP contribution in [0.25, 0.3) is 11.5 Å². The largest absolute Gasteiger partial charge is 0.471 e. The maximum Gasteiger partial charge on any atom is 0.471 e. The Hall–Kier alpha value is -2.82. The van der Waals surface area contributed by atoms with Gasteiger partial charge < -0.3 is 9.73 Å². The van der Waals surface area contributed by atoms with Gasteiger partial charge in [0.2, 0.25) is 5.89 Å². The number of alkyl halides is 3. The molecular formula is C14H10F3N3O2. The van der Waals surface area contributed by atoms with Crippen LogP contribution in [-0.2, 0) is 11.2 Å². The fraction of sp³-hybridized carbons (Fsp3) is 0.214. The molecule has 0 aliphatic heterocycles. The molecule has 2 aromatic rings. The summed E-state index contributed by atoms with van der Waals surface area (Å²) in [4.78, 5) is 14.7. The summed E-state index contributed by atoms with van der Waals surface area (Å²) >= 11 is 0. The molecule has 8 heteroatoms. The summed E-state index contributed by atoms with van der Waals surface area (Å²) in [7, 11) is 0. The van der Waals surface area contributed by atoms with E-state index in [9.17, 15) is 18.0 Å². The summed E-state index contributed by atoms with van der Waals surface area (Å²) in [6.45, 7) is -0.197. The highest BCUT2D eigenvalue weighted by Gasteiger charge is 2.38. The number of hydrogen-bond donors (Lipinski definition) is 1. The second-order valence-corrected chi connectivity index (χ2v) is 4.34. The normalized spacial score (nSPS) is 11.0. The Balaban J connectivity index is 1.94. The van der Waals surface area contributed by atoms with E-state index >= 15 is 0 Å². The minimum absolute atomic E-state index is 0.113. The number of aromatic nitrogens is 1. The number of nitrogens with one attached hydrogen (secondary N) is 1. The van der Waals surface area contributed by atoms with E-state index < -0.39 is 12.1 Å². The van der Waals surface area contributed by atoms with E-state index in [1.807, 2.05) is 6.07 Å². The molecule has 0 unspecified atom stereocenters. The van der Waals surface area contributed by atoms with Crippen molar-refractivity contribution in [3.63, 3.8) is 0 Å². The molecule has 0 aliphatic rings. The number of rotatable bonds is 4. The van der Waals surface area contributed by atoms with Crippen LogP contribution in [0.5, 0.6) is 0 Å². The molecule has 0 fully saturated rings. The molecule has 0 saturated carbocycles. The van der Waals surface area contributed by atoms with E-state index in [-0.39, 0.29) is 13.0 Å². The van der Waals surface area contributed by atoms with Crippen molar-refractivity contribution in [3.8, 4) is 17.5 Å². The lowest BCUT2D eigenvalue weighted by atomic mass is 10.1. The summed E-state index contributed by atoms with van der Waals surface area (Å²) in [6, 6.07) is 8.48. The highest BCUT2D eigenvalue weighted by Crippen LogP contribution is 2.19. The zero-order chi connectivity index (χ0) is 16.2. The van der Waals surface area contributed by atoms with Crippen LogP contribution >= 0.6 is 0 Å². The van der Waals surface area contributed by atoms with Gasteiger partial charge in [0.05, 0.1) is 17.3 Å². The number of carbonyl (C=O) groups excluding carboxylic acids is 1. The number of carbonyl (C=O) groups is 1. The lowest BCUT2D eigenvalue weighted by Crippen LogP contribution is -2.37. The van der Waals surface area contributed by atoms with Crippen LogP contribution in [-0.4, -0.2) is 23.6 Å². The first-order valence-electron chi connectivity index (χ1n) is 6.20. The Kier molecular flexibility index (Phi) is 4.46. The predicted molar refractivity (Wildman–Crippen MR) is 69.4 cm³/mol. The van der Waals surface area contributed by atoms with Gasteiger partial charge in [-0.05, 0) is 24.3 Å². The number of amides is 1. The molecule has 0 aliphatic carbocycles. The second-order valence-electron chi connectivity index (χ2n) is 4.34. The first-order chi connectivity index (χ1) is 10.4. The van der Waals surface area contributed by atoms with Gasteiger partial charge >= 0.3 is 12.1 Å². The van der Waals surface area contributed by atoms with Crippen LogP contribution in [0.3, 0.4) is 0 Å². The Labute approximate surface area is 123 Å². The van der Waals surface area contributed by atoms with Gasteiger partial charge in [0, 0.05) is 18.5 Å². The number of nitrogens with zero attached hydrogens (tertiary/aromatic N) is 2. The second kappa shape index (κ2) is 6.30. The fourth-order valence-electron chi connectivity index (χ4n) is 1.65. The molecule has 0 spiro atoms. The van der Waals surface area contributed by atoms with Gasteiger partial charge in [0.15, 0.2) is 0 Å². The van der Waals surface area contributed by atoms with E-state index in [2.05, 4.69) is 4.98 Å². The maximum atomic E-state index is 12.0. The van der Waals surface area contributed by atoms with Crippen molar-refractivity contribution in [2.75, 3.05) is 6.54 Å². The smallest absolute Gasteiger partial charge is 0.444 e. The van der Waals surface area contributed by atoms with Crippen LogP contribution in [0.4, 0.5) is 13.2 Å². The highest BCUT2D eigenvalue weighted by molar-refractivity contribution is 5.81. The standard InChI is InChI=1S/C14H10F3N3O2/c15-14(16,17)13(21)19-6-5-11-8-22-12(20-11)10-3-1-9(7-18)2-4-10/h1-4,8H,5-6H2,(H,19,21). The molecular weight excluding hydrogens is 299 g/mol. The maximum absolute atomic E-state index is 12.0. The van der Waals surface area contributed by atoms with E-state index in [0.29, 0.717) is 22.7 Å². The third-order valence-electron chi connectivity index (χ3n) is 2.74. The lowest BCUT2D eigenvalue weighted by Gasteiger charge is -2.06. The molecule has 0 bridgehead atoms. The van der Waals surface area contributed by atoms with Gasteiger partial charge in [-0.15, -0.1) is 0 Å². The van der Waals surface area contributed by atoms with Gasteiger partial charge in [-0.2, -0.15) is 18.4 Å². The predicted octanol–water partition coefficient (Wildman–Crippen LogP) is 2.43. The minimum Gasteiger partial charge on any atom is -0.444 e. The van der Waals surface area contributed by atoms with Crippen molar-refractivity contribution < 1.29 is 22.4 Å². The van der Waals surface area contributed by atoms with Crippen molar-refractivity contribution in [1.82, 2.24) is 10.3 Å². The van der Waals surface area contributed by atoms with Crippen LogP contribution in [0.1, 0.15) is 11.3 Å². The van der Waals surface area contributed by atoms with Crippen LogP contribution in [0.2, 0.25) is 0 Å². The zero-order valence-corrected chi connectivity index (χ0v) is 11.1. The first kappa shape index (κ1) is 15.6. The molecule has 0 atom stereocenters. The molecule has 0 saturated heterocycles. The Morgan fingerprint density at radius 3 is 2.59 bits per heavy atom. The topological polar surface area (TPSA) is 78.9 Å². The third kappa shape index (κ3) is 3.85. The summed E-state index contributed by atoms with van der Waals surface area (Å²) in [5.41, 5.74) is 1.55. The van der Waals surface area contributed by atoms with Gasteiger partial charge in [-0.25, -0.2) is 4.98 Å². The van der Waals surface area contributed by atoms with Crippen LogP contribution < -0.4 is 5.32 Å². The van der Waals surface area contributed by atoms with Gasteiger partial charge in [0.25, 0.3) is 0 Å². The number of halogens is 3. The Morgan fingerprint density at radius 2 is 2.00 bits per heavy atom. The van der Waals surface area contributed by atoms with Crippen molar-refractivity contribution in [1.29, 1.82) is 5.26 Å². The number of oxazole rings is 1. The quantitative estimate of drug-likeness (QED) is 0.940.